The van der Waals surface area contributed by atoms with Crippen LogP contribution in [0.1, 0.15) is 74.8 Å². The number of hydrogen-bond donors (Lipinski definition) is 0. The van der Waals surface area contributed by atoms with E-state index in [-0.39, 0.29) is 20.1 Å². The van der Waals surface area contributed by atoms with Gasteiger partial charge in [0.15, 0.2) is 0 Å². The fourth-order valence-corrected chi connectivity index (χ4v) is 10.0. The fourth-order valence-electron chi connectivity index (χ4n) is 8.29. The van der Waals surface area contributed by atoms with Crippen LogP contribution in [0, 0.1) is 26.0 Å². The molecule has 5 nitrogen and oxygen atoms in total. The van der Waals surface area contributed by atoms with Gasteiger partial charge in [-0.3, -0.25) is 4.98 Å². The first kappa shape index (κ1) is 43.6. The number of benzene rings is 5. The molecule has 0 fully saturated rings. The van der Waals surface area contributed by atoms with Crippen LogP contribution in [0.25, 0.3) is 72.6 Å². The number of pyridine rings is 2. The summed E-state index contributed by atoms with van der Waals surface area (Å²) in [5.41, 5.74) is 15.1. The Balaban J connectivity index is 0.000000191. The average molecular weight is 995 g/mol. The Morgan fingerprint density at radius 1 is 0.705 bits per heavy atom. The summed E-state index contributed by atoms with van der Waals surface area (Å²) in [6.45, 7) is 20.4. The van der Waals surface area contributed by atoms with Crippen molar-refractivity contribution in [2.75, 3.05) is 0 Å². The molecule has 9 aromatic rings. The second-order valence-electron chi connectivity index (χ2n) is 17.2. The molecule has 0 saturated heterocycles. The van der Waals surface area contributed by atoms with E-state index in [0.717, 1.165) is 68.6 Å². The Morgan fingerprint density at radius 2 is 1.39 bits per heavy atom. The van der Waals surface area contributed by atoms with Crippen LogP contribution in [0.2, 0.25) is 19.6 Å². The van der Waals surface area contributed by atoms with Crippen LogP contribution in [0.5, 0.6) is 0 Å². The number of para-hydroxylation sites is 3. The van der Waals surface area contributed by atoms with Gasteiger partial charge in [0.2, 0.25) is 5.71 Å². The van der Waals surface area contributed by atoms with Crippen molar-refractivity contribution in [3.63, 3.8) is 0 Å². The maximum absolute atomic E-state index is 6.08. The van der Waals surface area contributed by atoms with Gasteiger partial charge in [-0.25, -0.2) is 4.98 Å². The van der Waals surface area contributed by atoms with Crippen molar-refractivity contribution in [1.29, 1.82) is 0 Å². The second kappa shape index (κ2) is 18.3. The molecule has 1 radical (unpaired) electrons. The Bertz CT molecular complexity index is 2930. The molecule has 0 aliphatic heterocycles. The number of furan rings is 1. The minimum absolute atomic E-state index is 0. The van der Waals surface area contributed by atoms with Crippen molar-refractivity contribution in [3.8, 4) is 39.5 Å². The first-order valence-corrected chi connectivity index (χ1v) is 24.8. The van der Waals surface area contributed by atoms with E-state index in [9.17, 15) is 0 Å². The maximum atomic E-state index is 6.08. The molecule has 4 aromatic heterocycles. The summed E-state index contributed by atoms with van der Waals surface area (Å²) in [7, 11) is -1.39. The monoisotopic (exact) mass is 995 g/mol. The number of imidazole rings is 1. The zero-order chi connectivity index (χ0) is 42.1. The van der Waals surface area contributed by atoms with Gasteiger partial charge >= 0.3 is 0 Å². The van der Waals surface area contributed by atoms with E-state index in [1.807, 2.05) is 37.4 Å². The van der Waals surface area contributed by atoms with E-state index in [1.54, 1.807) is 0 Å². The van der Waals surface area contributed by atoms with Gasteiger partial charge < -0.3 is 14.0 Å². The van der Waals surface area contributed by atoms with E-state index in [0.29, 0.717) is 17.5 Å². The third-order valence-electron chi connectivity index (χ3n) is 11.9. The van der Waals surface area contributed by atoms with Gasteiger partial charge in [0, 0.05) is 43.1 Å². The van der Waals surface area contributed by atoms with Crippen molar-refractivity contribution < 1.29 is 24.5 Å². The van der Waals surface area contributed by atoms with Crippen LogP contribution >= 0.6 is 0 Å². The van der Waals surface area contributed by atoms with Gasteiger partial charge in [0.05, 0.1) is 30.5 Å². The van der Waals surface area contributed by atoms with Crippen LogP contribution in [-0.2, 0) is 20.1 Å². The SMILES string of the molecule is CCC(C)c1cccc(C(C)CC)c1-n1c(-c2[c-]ccc(-c3ccccc3)c2)nc2ccccc21.Cc1ccc2c(n1)oc1c(-c3cc(C)c([Si](C)(C)C)cn3)[c-]ccc12.[Ir]. The number of fused-ring (bicyclic) bond motifs is 4. The Morgan fingerprint density at radius 3 is 2.08 bits per heavy atom. The summed E-state index contributed by atoms with van der Waals surface area (Å²) in [5, 5.41) is 3.49. The summed E-state index contributed by atoms with van der Waals surface area (Å²) in [6, 6.07) is 49.3. The quantitative estimate of drug-likeness (QED) is 0.107. The second-order valence-corrected chi connectivity index (χ2v) is 22.2. The number of rotatable bonds is 9. The molecule has 2 atom stereocenters. The molecule has 0 saturated carbocycles. The molecule has 311 valence electrons. The molecule has 0 aliphatic rings. The van der Waals surface area contributed by atoms with Crippen LogP contribution in [0.15, 0.2) is 132 Å². The molecule has 0 bridgehead atoms. The molecule has 0 amide bonds. The van der Waals surface area contributed by atoms with E-state index >= 15 is 0 Å². The third kappa shape index (κ3) is 8.70. The van der Waals surface area contributed by atoms with Gasteiger partial charge in [0.1, 0.15) is 0 Å². The standard InChI is InChI=1S/C33H33N2.C21H21N2OSi.Ir/c1-5-23(3)28-18-13-19-29(24(4)6-2)32(28)35-31-21-11-10-20-30(31)34-33(35)27-17-12-16-26(22-27)25-14-8-7-9-15-25;1-13-11-18(22-12-19(13)25(3,4)5)17-8-6-7-15-16-10-9-14(2)23-21(16)24-20(15)17;/h7-16,18-24H,5-6H2,1-4H3;6-7,9-12H,1-5H3;/q2*-1;. The van der Waals surface area contributed by atoms with Crippen LogP contribution in [-0.4, -0.2) is 27.6 Å². The molecular formula is C54H54IrN4OSi-2. The molecule has 5 aromatic carbocycles. The largest absolute Gasteiger partial charge is 0.486 e. The molecule has 4 heterocycles. The first-order chi connectivity index (χ1) is 29.0. The van der Waals surface area contributed by atoms with Crippen LogP contribution < -0.4 is 5.19 Å². The van der Waals surface area contributed by atoms with Crippen molar-refractivity contribution in [3.05, 3.63) is 162 Å². The summed E-state index contributed by atoms with van der Waals surface area (Å²) in [5.74, 6) is 1.84. The molecule has 9 rings (SSSR count). The van der Waals surface area contributed by atoms with Gasteiger partial charge in [0.25, 0.3) is 0 Å². The van der Waals surface area contributed by atoms with Crippen molar-refractivity contribution in [1.82, 2.24) is 19.5 Å². The maximum Gasteiger partial charge on any atom is 0.216 e. The number of aromatic nitrogens is 4. The average Bonchev–Trinajstić information content (AvgIpc) is 3.84. The van der Waals surface area contributed by atoms with E-state index < -0.39 is 8.07 Å². The fraction of sp³-hybridized carbons (Fsp3) is 0.241. The predicted molar refractivity (Wildman–Crippen MR) is 254 cm³/mol. The Kier molecular flexibility index (Phi) is 13.1. The molecule has 0 spiro atoms. The van der Waals surface area contributed by atoms with Crippen LogP contribution in [0.3, 0.4) is 0 Å². The summed E-state index contributed by atoms with van der Waals surface area (Å²) in [4.78, 5) is 14.4. The third-order valence-corrected chi connectivity index (χ3v) is 14.1. The van der Waals surface area contributed by atoms with E-state index in [1.165, 1.54) is 38.7 Å². The normalized spacial score (nSPS) is 12.5. The van der Waals surface area contributed by atoms with Gasteiger partial charge in [-0.1, -0.05) is 131 Å². The zero-order valence-corrected chi connectivity index (χ0v) is 40.1. The van der Waals surface area contributed by atoms with Gasteiger partial charge in [-0.2, -0.15) is 0 Å². The zero-order valence-electron chi connectivity index (χ0n) is 36.7. The summed E-state index contributed by atoms with van der Waals surface area (Å²) < 4.78 is 8.48. The van der Waals surface area contributed by atoms with E-state index in [2.05, 4.69) is 173 Å². The van der Waals surface area contributed by atoms with Crippen molar-refractivity contribution >= 4 is 46.4 Å². The molecule has 7 heteroatoms. The van der Waals surface area contributed by atoms with Gasteiger partial charge in [-0.15, -0.1) is 53.6 Å². The minimum atomic E-state index is -1.39. The molecule has 0 N–H and O–H groups in total. The summed E-state index contributed by atoms with van der Waals surface area (Å²) in [6.07, 6.45) is 4.22. The Hall–Kier alpha value is -5.46. The molecular weight excluding hydrogens is 941 g/mol. The topological polar surface area (TPSA) is 56.7 Å². The van der Waals surface area contributed by atoms with Crippen molar-refractivity contribution in [2.24, 2.45) is 0 Å². The smallest absolute Gasteiger partial charge is 0.216 e. The van der Waals surface area contributed by atoms with Crippen LogP contribution in [0.4, 0.5) is 0 Å². The molecule has 2 unspecified atom stereocenters. The first-order valence-electron chi connectivity index (χ1n) is 21.3. The van der Waals surface area contributed by atoms with E-state index in [4.69, 9.17) is 14.4 Å². The van der Waals surface area contributed by atoms with Crippen molar-refractivity contribution in [2.45, 2.75) is 85.9 Å². The minimum Gasteiger partial charge on any atom is -0.486 e. The summed E-state index contributed by atoms with van der Waals surface area (Å²) >= 11 is 0. The molecule has 0 aliphatic carbocycles. The number of nitrogens with zero attached hydrogens (tertiary/aromatic N) is 4. The Labute approximate surface area is 375 Å². The number of hydrogen-bond acceptors (Lipinski definition) is 4. The molecule has 61 heavy (non-hydrogen) atoms. The van der Waals surface area contributed by atoms with Gasteiger partial charge in [-0.05, 0) is 90.4 Å². The number of aryl methyl sites for hydroxylation is 2. The predicted octanol–water partition coefficient (Wildman–Crippen LogP) is 14.2.